The molecule has 0 bridgehead atoms. The number of anilines is 1. The third-order valence-electron chi connectivity index (χ3n) is 5.41. The monoisotopic (exact) mass is 438 g/mol. The molecular formula is C22H30N6O2Si. The zero-order valence-electron chi connectivity index (χ0n) is 18.7. The highest BCUT2D eigenvalue weighted by Crippen LogP contribution is 2.26. The number of nitrogens with zero attached hydrogens (tertiary/aromatic N) is 6. The Labute approximate surface area is 184 Å². The second kappa shape index (κ2) is 8.83. The van der Waals surface area contributed by atoms with Crippen molar-refractivity contribution >= 4 is 24.9 Å². The Morgan fingerprint density at radius 2 is 2.16 bits per heavy atom. The summed E-state index contributed by atoms with van der Waals surface area (Å²) in [6.45, 7) is 12.5. The van der Waals surface area contributed by atoms with E-state index in [9.17, 15) is 0 Å². The van der Waals surface area contributed by atoms with Crippen molar-refractivity contribution in [3.8, 4) is 18.2 Å². The highest BCUT2D eigenvalue weighted by Gasteiger charge is 2.23. The van der Waals surface area contributed by atoms with E-state index in [0.717, 1.165) is 36.0 Å². The molecule has 164 valence electrons. The molecule has 3 aromatic heterocycles. The van der Waals surface area contributed by atoms with E-state index in [0.29, 0.717) is 31.4 Å². The predicted octanol–water partition coefficient (Wildman–Crippen LogP) is 3.14. The highest BCUT2D eigenvalue weighted by atomic mass is 28.3. The van der Waals surface area contributed by atoms with Gasteiger partial charge in [0.2, 0.25) is 0 Å². The van der Waals surface area contributed by atoms with Crippen molar-refractivity contribution in [1.29, 1.82) is 0 Å². The maximum atomic E-state index is 5.81. The molecule has 8 nitrogen and oxygen atoms in total. The minimum absolute atomic E-state index is 0.230. The average molecular weight is 439 g/mol. The fourth-order valence-corrected chi connectivity index (χ4v) is 4.32. The lowest BCUT2D eigenvalue weighted by molar-refractivity contribution is 0.0785. The summed E-state index contributed by atoms with van der Waals surface area (Å²) < 4.78 is 14.9. The zero-order chi connectivity index (χ0) is 22.0. The van der Waals surface area contributed by atoms with Crippen molar-refractivity contribution in [1.82, 2.24) is 24.5 Å². The Morgan fingerprint density at radius 3 is 2.90 bits per heavy atom. The van der Waals surface area contributed by atoms with Gasteiger partial charge in [-0.05, 0) is 19.0 Å². The van der Waals surface area contributed by atoms with Crippen LogP contribution in [0.15, 0.2) is 24.5 Å². The van der Waals surface area contributed by atoms with Gasteiger partial charge in [0.05, 0.1) is 30.8 Å². The number of fused-ring (bicyclic) bond motifs is 1. The number of ether oxygens (including phenoxy) is 2. The van der Waals surface area contributed by atoms with E-state index in [1.54, 1.807) is 15.6 Å². The summed E-state index contributed by atoms with van der Waals surface area (Å²) in [5.74, 6) is 4.31. The number of hydrogen-bond donors (Lipinski definition) is 0. The van der Waals surface area contributed by atoms with Crippen molar-refractivity contribution in [3.63, 3.8) is 0 Å². The molecule has 1 aliphatic heterocycles. The van der Waals surface area contributed by atoms with E-state index < -0.39 is 8.07 Å². The summed E-state index contributed by atoms with van der Waals surface area (Å²) in [5.41, 5.74) is 1.48. The number of aromatic nitrogens is 5. The lowest BCUT2D eigenvalue weighted by atomic mass is 10.1. The molecule has 0 amide bonds. The first kappa shape index (κ1) is 21.6. The first-order chi connectivity index (χ1) is 14.9. The second-order valence-electron chi connectivity index (χ2n) is 9.14. The van der Waals surface area contributed by atoms with Crippen LogP contribution in [0.1, 0.15) is 12.5 Å². The van der Waals surface area contributed by atoms with Crippen molar-refractivity contribution in [2.45, 2.75) is 45.4 Å². The summed E-state index contributed by atoms with van der Waals surface area (Å²) in [6.07, 6.45) is 9.46. The van der Waals surface area contributed by atoms with Crippen LogP contribution in [0.25, 0.3) is 16.9 Å². The van der Waals surface area contributed by atoms with Gasteiger partial charge >= 0.3 is 0 Å². The van der Waals surface area contributed by atoms with Crippen LogP contribution in [0, 0.1) is 12.3 Å². The average Bonchev–Trinajstić information content (AvgIpc) is 3.37. The Kier molecular flexibility index (Phi) is 6.14. The van der Waals surface area contributed by atoms with Crippen LogP contribution in [0.2, 0.25) is 25.7 Å². The van der Waals surface area contributed by atoms with Gasteiger partial charge in [-0.25, -0.2) is 9.67 Å². The fraction of sp³-hybridized carbons (Fsp3) is 0.500. The number of terminal acetylenes is 1. The summed E-state index contributed by atoms with van der Waals surface area (Å²) in [4.78, 5) is 7.13. The van der Waals surface area contributed by atoms with Gasteiger partial charge in [-0.15, -0.1) is 6.42 Å². The summed E-state index contributed by atoms with van der Waals surface area (Å²) in [5, 5.41) is 9.99. The zero-order valence-corrected chi connectivity index (χ0v) is 19.7. The predicted molar refractivity (Wildman–Crippen MR) is 124 cm³/mol. The van der Waals surface area contributed by atoms with E-state index in [2.05, 4.69) is 47.6 Å². The first-order valence-electron chi connectivity index (χ1n) is 10.7. The van der Waals surface area contributed by atoms with Crippen molar-refractivity contribution in [2.24, 2.45) is 0 Å². The van der Waals surface area contributed by atoms with Crippen molar-refractivity contribution in [2.75, 3.05) is 31.3 Å². The van der Waals surface area contributed by atoms with Gasteiger partial charge in [-0.2, -0.15) is 14.9 Å². The van der Waals surface area contributed by atoms with Gasteiger partial charge in [0.15, 0.2) is 11.5 Å². The van der Waals surface area contributed by atoms with E-state index >= 15 is 0 Å². The number of rotatable bonds is 7. The molecule has 4 heterocycles. The van der Waals surface area contributed by atoms with Crippen LogP contribution in [-0.4, -0.2) is 65.0 Å². The molecule has 1 aliphatic rings. The molecule has 1 saturated heterocycles. The van der Waals surface area contributed by atoms with E-state index in [1.807, 2.05) is 18.3 Å². The molecule has 0 aromatic carbocycles. The normalized spacial score (nSPS) is 17.3. The van der Waals surface area contributed by atoms with Crippen molar-refractivity contribution < 1.29 is 9.47 Å². The third kappa shape index (κ3) is 4.82. The van der Waals surface area contributed by atoms with Crippen LogP contribution in [0.4, 0.5) is 5.82 Å². The van der Waals surface area contributed by atoms with Crippen molar-refractivity contribution in [3.05, 3.63) is 30.1 Å². The largest absolute Gasteiger partial charge is 0.377 e. The van der Waals surface area contributed by atoms with Gasteiger partial charge in [0.1, 0.15) is 12.5 Å². The molecule has 0 radical (unpaired) electrons. The van der Waals surface area contributed by atoms with Crippen LogP contribution < -0.4 is 4.90 Å². The lowest BCUT2D eigenvalue weighted by Gasteiger charge is -2.34. The van der Waals surface area contributed by atoms with E-state index in [1.165, 1.54) is 0 Å². The Balaban J connectivity index is 1.59. The van der Waals surface area contributed by atoms with Gasteiger partial charge in [-0.3, -0.25) is 0 Å². The van der Waals surface area contributed by atoms with Gasteiger partial charge in [0, 0.05) is 39.1 Å². The number of morpholine rings is 1. The quantitative estimate of drug-likeness (QED) is 0.321. The minimum Gasteiger partial charge on any atom is -0.377 e. The Bertz CT molecular complexity index is 1090. The summed E-state index contributed by atoms with van der Waals surface area (Å²) in [6, 6.07) is 5.23. The summed E-state index contributed by atoms with van der Waals surface area (Å²) in [7, 11) is -1.10. The van der Waals surface area contributed by atoms with Crippen LogP contribution in [0.5, 0.6) is 0 Å². The minimum atomic E-state index is -1.10. The van der Waals surface area contributed by atoms with Crippen LogP contribution in [-0.2, 0) is 16.2 Å². The van der Waals surface area contributed by atoms with Crippen LogP contribution >= 0.6 is 0 Å². The Morgan fingerprint density at radius 1 is 1.32 bits per heavy atom. The van der Waals surface area contributed by atoms with E-state index in [4.69, 9.17) is 20.9 Å². The standard InChI is InChI=1S/C22H30N6O2Si/c1-6-18-13-21(27-9-10-29-15-17(27)2)24-22-19(18)14-23-28(22)20-7-8-26(25-20)16-30-11-12-31(3,4)5/h1,7-8,13-14,17H,9-12,15-16H2,2-5H3/t17-/m1/s1. The molecule has 0 N–H and O–H groups in total. The molecule has 31 heavy (non-hydrogen) atoms. The van der Waals surface area contributed by atoms with Gasteiger partial charge in [-0.1, -0.05) is 25.6 Å². The fourth-order valence-electron chi connectivity index (χ4n) is 3.56. The molecule has 0 aliphatic carbocycles. The topological polar surface area (TPSA) is 70.2 Å². The molecule has 3 aromatic rings. The molecule has 0 unspecified atom stereocenters. The molecule has 1 atom stereocenters. The highest BCUT2D eigenvalue weighted by molar-refractivity contribution is 6.76. The maximum Gasteiger partial charge on any atom is 0.177 e. The van der Waals surface area contributed by atoms with Gasteiger partial charge < -0.3 is 14.4 Å². The SMILES string of the molecule is C#Cc1cc(N2CCOC[C@H]2C)nc2c1cnn2-c1ccn(COCC[Si](C)(C)C)n1. The van der Waals surface area contributed by atoms with Gasteiger partial charge in [0.25, 0.3) is 0 Å². The molecular weight excluding hydrogens is 408 g/mol. The number of pyridine rings is 1. The molecule has 1 fully saturated rings. The lowest BCUT2D eigenvalue weighted by Crippen LogP contribution is -2.44. The molecule has 4 rings (SSSR count). The Hall–Kier alpha value is -2.67. The maximum absolute atomic E-state index is 5.81. The number of hydrogen-bond acceptors (Lipinski definition) is 6. The first-order valence-corrected chi connectivity index (χ1v) is 14.4. The molecule has 9 heteroatoms. The van der Waals surface area contributed by atoms with E-state index in [-0.39, 0.29) is 6.04 Å². The smallest absolute Gasteiger partial charge is 0.177 e. The third-order valence-corrected chi connectivity index (χ3v) is 7.11. The molecule has 0 spiro atoms. The summed E-state index contributed by atoms with van der Waals surface area (Å²) >= 11 is 0. The van der Waals surface area contributed by atoms with Crippen LogP contribution in [0.3, 0.4) is 0 Å². The second-order valence-corrected chi connectivity index (χ2v) is 14.8. The molecule has 0 saturated carbocycles.